The predicted octanol–water partition coefficient (Wildman–Crippen LogP) is 3.40. The third-order valence-corrected chi connectivity index (χ3v) is 3.92. The first kappa shape index (κ1) is 14.9. The first-order chi connectivity index (χ1) is 9.57. The van der Waals surface area contributed by atoms with Crippen molar-refractivity contribution in [3.8, 4) is 5.75 Å². The molecule has 1 N–H and O–H groups in total. The average Bonchev–Trinajstić information content (AvgIpc) is 2.46. The molecule has 0 aliphatic heterocycles. The average molecular weight is 277 g/mol. The molecule has 1 aromatic rings. The first-order valence-corrected chi connectivity index (χ1v) is 7.08. The van der Waals surface area contributed by atoms with E-state index in [2.05, 4.69) is 5.16 Å². The number of benzene rings is 1. The SMILES string of the molecule is COC(C)(C)CCOc1cccc2c1CCC/C2=N\O. The minimum atomic E-state index is -0.174. The van der Waals surface area contributed by atoms with Gasteiger partial charge >= 0.3 is 0 Å². The maximum absolute atomic E-state index is 9.07. The minimum absolute atomic E-state index is 0.174. The molecule has 0 bridgehead atoms. The van der Waals surface area contributed by atoms with Gasteiger partial charge in [-0.15, -0.1) is 0 Å². The number of hydrogen-bond acceptors (Lipinski definition) is 4. The number of nitrogens with zero attached hydrogens (tertiary/aromatic N) is 1. The van der Waals surface area contributed by atoms with E-state index >= 15 is 0 Å². The van der Waals surface area contributed by atoms with Gasteiger partial charge in [0.15, 0.2) is 0 Å². The van der Waals surface area contributed by atoms with Crippen LogP contribution in [0.2, 0.25) is 0 Å². The third-order valence-electron chi connectivity index (χ3n) is 3.92. The highest BCUT2D eigenvalue weighted by atomic mass is 16.5. The second kappa shape index (κ2) is 6.27. The van der Waals surface area contributed by atoms with Crippen LogP contribution in [0.3, 0.4) is 0 Å². The van der Waals surface area contributed by atoms with Crippen molar-refractivity contribution in [2.75, 3.05) is 13.7 Å². The molecular formula is C16H23NO3. The molecular weight excluding hydrogens is 254 g/mol. The van der Waals surface area contributed by atoms with Crippen molar-refractivity contribution >= 4 is 5.71 Å². The molecule has 0 radical (unpaired) electrons. The van der Waals surface area contributed by atoms with E-state index in [1.165, 1.54) is 0 Å². The van der Waals surface area contributed by atoms with Gasteiger partial charge < -0.3 is 14.7 Å². The molecule has 0 unspecified atom stereocenters. The van der Waals surface area contributed by atoms with Gasteiger partial charge in [0.05, 0.1) is 17.9 Å². The largest absolute Gasteiger partial charge is 0.493 e. The van der Waals surface area contributed by atoms with Crippen LogP contribution in [0.25, 0.3) is 0 Å². The van der Waals surface area contributed by atoms with Gasteiger partial charge in [-0.1, -0.05) is 17.3 Å². The number of fused-ring (bicyclic) bond motifs is 1. The molecule has 1 aliphatic rings. The lowest BCUT2D eigenvalue weighted by molar-refractivity contribution is 0.00537. The van der Waals surface area contributed by atoms with Crippen molar-refractivity contribution in [3.63, 3.8) is 0 Å². The van der Waals surface area contributed by atoms with Gasteiger partial charge in [0.25, 0.3) is 0 Å². The minimum Gasteiger partial charge on any atom is -0.493 e. The van der Waals surface area contributed by atoms with E-state index in [-0.39, 0.29) is 5.60 Å². The van der Waals surface area contributed by atoms with E-state index in [0.29, 0.717) is 6.61 Å². The third kappa shape index (κ3) is 3.31. The highest BCUT2D eigenvalue weighted by Gasteiger charge is 2.20. The Morgan fingerprint density at radius 1 is 1.30 bits per heavy atom. The lowest BCUT2D eigenvalue weighted by Gasteiger charge is -2.24. The van der Waals surface area contributed by atoms with E-state index in [1.807, 2.05) is 32.0 Å². The number of ether oxygens (including phenoxy) is 2. The Labute approximate surface area is 120 Å². The van der Waals surface area contributed by atoms with Crippen molar-refractivity contribution in [2.24, 2.45) is 5.16 Å². The van der Waals surface area contributed by atoms with Crippen molar-refractivity contribution in [1.82, 2.24) is 0 Å². The Bertz CT molecular complexity index is 494. The maximum Gasteiger partial charge on any atom is 0.123 e. The molecule has 0 saturated heterocycles. The van der Waals surface area contributed by atoms with Crippen LogP contribution < -0.4 is 4.74 Å². The van der Waals surface area contributed by atoms with Gasteiger partial charge in [-0.3, -0.25) is 0 Å². The molecule has 2 rings (SSSR count). The monoisotopic (exact) mass is 277 g/mol. The Morgan fingerprint density at radius 2 is 2.10 bits per heavy atom. The van der Waals surface area contributed by atoms with E-state index in [0.717, 1.165) is 48.3 Å². The van der Waals surface area contributed by atoms with Gasteiger partial charge in [0.1, 0.15) is 5.75 Å². The molecule has 0 atom stereocenters. The topological polar surface area (TPSA) is 51.0 Å². The number of rotatable bonds is 5. The van der Waals surface area contributed by atoms with Crippen LogP contribution in [0.5, 0.6) is 5.75 Å². The summed E-state index contributed by atoms with van der Waals surface area (Å²) in [5.74, 6) is 0.898. The van der Waals surface area contributed by atoms with E-state index < -0.39 is 0 Å². The second-order valence-corrected chi connectivity index (χ2v) is 5.74. The molecule has 1 aromatic carbocycles. The molecule has 110 valence electrons. The second-order valence-electron chi connectivity index (χ2n) is 5.74. The smallest absolute Gasteiger partial charge is 0.123 e. The Balaban J connectivity index is 2.10. The van der Waals surface area contributed by atoms with Gasteiger partial charge in [0, 0.05) is 24.7 Å². The number of methoxy groups -OCH3 is 1. The Kier molecular flexibility index (Phi) is 4.65. The van der Waals surface area contributed by atoms with Crippen LogP contribution >= 0.6 is 0 Å². The van der Waals surface area contributed by atoms with Gasteiger partial charge in [0.2, 0.25) is 0 Å². The molecule has 0 spiro atoms. The molecule has 4 nitrogen and oxygen atoms in total. The van der Waals surface area contributed by atoms with Crippen LogP contribution in [0.15, 0.2) is 23.4 Å². The zero-order valence-electron chi connectivity index (χ0n) is 12.5. The summed E-state index contributed by atoms with van der Waals surface area (Å²) in [5, 5.41) is 12.5. The van der Waals surface area contributed by atoms with Crippen molar-refractivity contribution in [3.05, 3.63) is 29.3 Å². The summed E-state index contributed by atoms with van der Waals surface area (Å²) in [4.78, 5) is 0. The Morgan fingerprint density at radius 3 is 2.80 bits per heavy atom. The lowest BCUT2D eigenvalue weighted by Crippen LogP contribution is -2.25. The maximum atomic E-state index is 9.07. The summed E-state index contributed by atoms with van der Waals surface area (Å²) >= 11 is 0. The summed E-state index contributed by atoms with van der Waals surface area (Å²) in [6.07, 6.45) is 3.62. The molecule has 0 heterocycles. The highest BCUT2D eigenvalue weighted by Crippen LogP contribution is 2.30. The van der Waals surface area contributed by atoms with Crippen LogP contribution in [-0.4, -0.2) is 30.2 Å². The fourth-order valence-electron chi connectivity index (χ4n) is 2.41. The van der Waals surface area contributed by atoms with Crippen molar-refractivity contribution in [2.45, 2.75) is 45.1 Å². The molecule has 0 saturated carbocycles. The van der Waals surface area contributed by atoms with Gasteiger partial charge in [-0.05, 0) is 39.2 Å². The lowest BCUT2D eigenvalue weighted by atomic mass is 9.89. The fraction of sp³-hybridized carbons (Fsp3) is 0.562. The van der Waals surface area contributed by atoms with E-state index in [1.54, 1.807) is 7.11 Å². The zero-order chi connectivity index (χ0) is 14.6. The standard InChI is InChI=1S/C16H23NO3/c1-16(2,19-3)10-11-20-15-9-5-6-12-13(15)7-4-8-14(12)17-18/h5-6,9,18H,4,7-8,10-11H2,1-3H3/b17-14+. The summed E-state index contributed by atoms with van der Waals surface area (Å²) in [7, 11) is 1.72. The zero-order valence-corrected chi connectivity index (χ0v) is 12.5. The van der Waals surface area contributed by atoms with E-state index in [9.17, 15) is 0 Å². The summed E-state index contributed by atoms with van der Waals surface area (Å²) in [5.41, 5.74) is 2.75. The van der Waals surface area contributed by atoms with Gasteiger partial charge in [-0.25, -0.2) is 0 Å². The molecule has 0 fully saturated rings. The van der Waals surface area contributed by atoms with Crippen LogP contribution in [-0.2, 0) is 11.2 Å². The molecule has 20 heavy (non-hydrogen) atoms. The van der Waals surface area contributed by atoms with E-state index in [4.69, 9.17) is 14.7 Å². The van der Waals surface area contributed by atoms with Crippen LogP contribution in [0.4, 0.5) is 0 Å². The quantitative estimate of drug-likeness (QED) is 0.663. The Hall–Kier alpha value is -1.55. The van der Waals surface area contributed by atoms with Crippen LogP contribution in [0, 0.1) is 0 Å². The first-order valence-electron chi connectivity index (χ1n) is 7.08. The number of hydrogen-bond donors (Lipinski definition) is 1. The summed E-state index contributed by atoms with van der Waals surface area (Å²) < 4.78 is 11.3. The highest BCUT2D eigenvalue weighted by molar-refractivity contribution is 6.02. The van der Waals surface area contributed by atoms with Crippen molar-refractivity contribution < 1.29 is 14.7 Å². The number of oxime groups is 1. The summed E-state index contributed by atoms with van der Waals surface area (Å²) in [6, 6.07) is 5.93. The molecule has 0 amide bonds. The van der Waals surface area contributed by atoms with Gasteiger partial charge in [-0.2, -0.15) is 0 Å². The molecule has 0 aromatic heterocycles. The van der Waals surface area contributed by atoms with Crippen LogP contribution in [0.1, 0.15) is 44.2 Å². The molecule has 1 aliphatic carbocycles. The fourth-order valence-corrected chi connectivity index (χ4v) is 2.41. The van der Waals surface area contributed by atoms with Crippen molar-refractivity contribution in [1.29, 1.82) is 0 Å². The predicted molar refractivity (Wildman–Crippen MR) is 78.9 cm³/mol. The summed E-state index contributed by atoms with van der Waals surface area (Å²) in [6.45, 7) is 4.71. The normalized spacial score (nSPS) is 17.1. The molecule has 4 heteroatoms.